The van der Waals surface area contributed by atoms with Crippen LogP contribution in [-0.4, -0.2) is 12.1 Å². The zero-order valence-electron chi connectivity index (χ0n) is 7.31. The van der Waals surface area contributed by atoms with E-state index in [0.29, 0.717) is 0 Å². The second kappa shape index (κ2) is 3.09. The summed E-state index contributed by atoms with van der Waals surface area (Å²) in [7, 11) is 0. The number of rotatable bonds is 1. The second-order valence-corrected chi connectivity index (χ2v) is 3.08. The van der Waals surface area contributed by atoms with Crippen molar-refractivity contribution in [2.75, 3.05) is 0 Å². The zero-order valence-corrected chi connectivity index (χ0v) is 7.31. The van der Waals surface area contributed by atoms with Crippen molar-refractivity contribution >= 4 is 6.08 Å². The third kappa shape index (κ3) is 1.49. The lowest BCUT2D eigenvalue weighted by Crippen LogP contribution is -2.18. The van der Waals surface area contributed by atoms with Gasteiger partial charge in [-0.2, -0.15) is 0 Å². The molecule has 3 heteroatoms. The van der Waals surface area contributed by atoms with Gasteiger partial charge in [-0.1, -0.05) is 30.3 Å². The lowest BCUT2D eigenvalue weighted by atomic mass is 10.0. The highest BCUT2D eigenvalue weighted by atomic mass is 16.6. The summed E-state index contributed by atoms with van der Waals surface area (Å²) >= 11 is 0. The van der Waals surface area contributed by atoms with E-state index in [1.54, 1.807) is 0 Å². The van der Waals surface area contributed by atoms with Gasteiger partial charge in [-0.05, 0) is 12.5 Å². The number of ether oxygens (including phenoxy) is 1. The molecule has 1 aromatic rings. The van der Waals surface area contributed by atoms with Crippen LogP contribution in [0.15, 0.2) is 35.3 Å². The highest BCUT2D eigenvalue weighted by Gasteiger charge is 2.20. The monoisotopic (exact) mass is 176 g/mol. The van der Waals surface area contributed by atoms with Crippen LogP contribution in [0.3, 0.4) is 0 Å². The number of hydrogen-bond acceptors (Lipinski definition) is 3. The lowest BCUT2D eigenvalue weighted by Gasteiger charge is -2.20. The predicted molar refractivity (Wildman–Crippen MR) is 47.2 cm³/mol. The fourth-order valence-electron chi connectivity index (χ4n) is 1.46. The Bertz CT molecular complexity index is 321. The molecule has 0 spiro atoms. The molecular weight excluding hydrogens is 166 g/mol. The Kier molecular flexibility index (Phi) is 1.93. The van der Waals surface area contributed by atoms with Crippen molar-refractivity contribution in [1.29, 1.82) is 0 Å². The Labute approximate surface area is 76.7 Å². The number of hydrogen-bond donors (Lipinski definition) is 0. The number of nitrogens with zero attached hydrogens (tertiary/aromatic N) is 1. The second-order valence-electron chi connectivity index (χ2n) is 3.08. The van der Waals surface area contributed by atoms with E-state index in [4.69, 9.17) is 4.74 Å². The van der Waals surface area contributed by atoms with Crippen molar-refractivity contribution in [3.05, 3.63) is 35.9 Å². The Morgan fingerprint density at radius 2 is 2.00 bits per heavy atom. The summed E-state index contributed by atoms with van der Waals surface area (Å²) in [6.45, 7) is 1.88. The van der Waals surface area contributed by atoms with Crippen LogP contribution < -0.4 is 5.11 Å². The average Bonchev–Trinajstić information content (AvgIpc) is 2.47. The molecule has 0 unspecified atom stereocenters. The standard InChI is InChI=1S/C10H11NO2/c1-7-9(13-10(12)11-7)8-5-3-2-4-6-8/h2-7,9H,1H3,(H,11,12)/p-1/t7-,9-/m1/s1. The van der Waals surface area contributed by atoms with Crippen LogP contribution in [0, 0.1) is 0 Å². The Balaban J connectivity index is 2.21. The summed E-state index contributed by atoms with van der Waals surface area (Å²) in [5.41, 5.74) is 1.00. The van der Waals surface area contributed by atoms with Gasteiger partial charge in [0.15, 0.2) is 0 Å². The molecule has 0 saturated heterocycles. The summed E-state index contributed by atoms with van der Waals surface area (Å²) in [4.78, 5) is 3.79. The molecule has 0 aromatic heterocycles. The summed E-state index contributed by atoms with van der Waals surface area (Å²) in [6.07, 6.45) is -0.657. The molecule has 0 radical (unpaired) electrons. The number of benzene rings is 1. The van der Waals surface area contributed by atoms with Gasteiger partial charge >= 0.3 is 0 Å². The molecule has 2 atom stereocenters. The van der Waals surface area contributed by atoms with Gasteiger partial charge in [-0.25, -0.2) is 0 Å². The molecule has 1 aromatic carbocycles. The fraction of sp³-hybridized carbons (Fsp3) is 0.300. The van der Waals surface area contributed by atoms with Crippen LogP contribution in [0.4, 0.5) is 0 Å². The SMILES string of the molecule is C[C@H]1N=C([O-])O[C@H]1c1ccccc1. The largest absolute Gasteiger partial charge is 0.590 e. The summed E-state index contributed by atoms with van der Waals surface area (Å²) in [5, 5.41) is 10.8. The molecule has 2 rings (SSSR count). The van der Waals surface area contributed by atoms with Crippen molar-refractivity contribution in [1.82, 2.24) is 0 Å². The minimum atomic E-state index is -0.457. The molecule has 0 N–H and O–H groups in total. The topological polar surface area (TPSA) is 44.7 Å². The molecular formula is C10H10NO2-. The van der Waals surface area contributed by atoms with Crippen LogP contribution >= 0.6 is 0 Å². The highest BCUT2D eigenvalue weighted by molar-refractivity contribution is 5.64. The summed E-state index contributed by atoms with van der Waals surface area (Å²) in [6, 6.07) is 9.59. The van der Waals surface area contributed by atoms with Crippen LogP contribution in [0.2, 0.25) is 0 Å². The van der Waals surface area contributed by atoms with Gasteiger partial charge < -0.3 is 9.84 Å². The van der Waals surface area contributed by atoms with Gasteiger partial charge in [0.25, 0.3) is 0 Å². The van der Waals surface area contributed by atoms with Crippen molar-refractivity contribution in [2.45, 2.75) is 19.1 Å². The molecule has 1 aliphatic rings. The van der Waals surface area contributed by atoms with Crippen molar-refractivity contribution < 1.29 is 9.84 Å². The maximum atomic E-state index is 10.8. The minimum Gasteiger partial charge on any atom is -0.590 e. The molecule has 1 aliphatic heterocycles. The van der Waals surface area contributed by atoms with Crippen LogP contribution in [-0.2, 0) is 4.74 Å². The van der Waals surface area contributed by atoms with Gasteiger partial charge in [0.1, 0.15) is 6.08 Å². The Morgan fingerprint density at radius 1 is 1.31 bits per heavy atom. The van der Waals surface area contributed by atoms with Crippen LogP contribution in [0.25, 0.3) is 0 Å². The van der Waals surface area contributed by atoms with E-state index in [9.17, 15) is 5.11 Å². The molecule has 0 bridgehead atoms. The molecule has 13 heavy (non-hydrogen) atoms. The fourth-order valence-corrected chi connectivity index (χ4v) is 1.46. The van der Waals surface area contributed by atoms with E-state index in [1.165, 1.54) is 0 Å². The van der Waals surface area contributed by atoms with Gasteiger partial charge in [-0.15, -0.1) is 0 Å². The molecule has 68 valence electrons. The van der Waals surface area contributed by atoms with E-state index >= 15 is 0 Å². The maximum absolute atomic E-state index is 10.8. The quantitative estimate of drug-likeness (QED) is 0.637. The van der Waals surface area contributed by atoms with Gasteiger partial charge in [0, 0.05) is 0 Å². The Morgan fingerprint density at radius 3 is 2.54 bits per heavy atom. The van der Waals surface area contributed by atoms with Gasteiger partial charge in [0.2, 0.25) is 0 Å². The molecule has 0 fully saturated rings. The van der Waals surface area contributed by atoms with Gasteiger partial charge in [0.05, 0.1) is 12.1 Å². The van der Waals surface area contributed by atoms with Gasteiger partial charge in [-0.3, -0.25) is 4.99 Å². The van der Waals surface area contributed by atoms with E-state index in [0.717, 1.165) is 5.56 Å². The van der Waals surface area contributed by atoms with E-state index in [1.807, 2.05) is 37.3 Å². The first kappa shape index (κ1) is 8.10. The minimum absolute atomic E-state index is 0.0742. The van der Waals surface area contributed by atoms with Crippen molar-refractivity contribution in [3.8, 4) is 0 Å². The highest BCUT2D eigenvalue weighted by Crippen LogP contribution is 2.27. The first-order valence-corrected chi connectivity index (χ1v) is 4.24. The van der Waals surface area contributed by atoms with Crippen molar-refractivity contribution in [3.63, 3.8) is 0 Å². The van der Waals surface area contributed by atoms with Crippen LogP contribution in [0.5, 0.6) is 0 Å². The third-order valence-electron chi connectivity index (χ3n) is 2.10. The normalized spacial score (nSPS) is 26.7. The molecule has 0 aliphatic carbocycles. The summed E-state index contributed by atoms with van der Waals surface area (Å²) in [5.74, 6) is 0. The van der Waals surface area contributed by atoms with E-state index < -0.39 is 6.08 Å². The first-order valence-electron chi connectivity index (χ1n) is 4.24. The van der Waals surface area contributed by atoms with E-state index in [-0.39, 0.29) is 12.1 Å². The predicted octanol–water partition coefficient (Wildman–Crippen LogP) is 0.863. The third-order valence-corrected chi connectivity index (χ3v) is 2.10. The molecule has 1 heterocycles. The molecule has 0 amide bonds. The number of aliphatic imine (C=N–C) groups is 1. The Hall–Kier alpha value is -1.51. The zero-order chi connectivity index (χ0) is 9.26. The smallest absolute Gasteiger partial charge is 0.146 e. The maximum Gasteiger partial charge on any atom is 0.146 e. The van der Waals surface area contributed by atoms with Crippen LogP contribution in [0.1, 0.15) is 18.6 Å². The first-order chi connectivity index (χ1) is 6.27. The van der Waals surface area contributed by atoms with Crippen molar-refractivity contribution in [2.24, 2.45) is 4.99 Å². The summed E-state index contributed by atoms with van der Waals surface area (Å²) < 4.78 is 5.05. The molecule has 3 nitrogen and oxygen atoms in total. The van der Waals surface area contributed by atoms with E-state index in [2.05, 4.69) is 4.99 Å². The molecule has 0 saturated carbocycles. The lowest BCUT2D eigenvalue weighted by molar-refractivity contribution is -0.250. The average molecular weight is 176 g/mol.